The maximum absolute atomic E-state index is 11.7. The molecule has 0 aliphatic heterocycles. The third kappa shape index (κ3) is 9.97. The summed E-state index contributed by atoms with van der Waals surface area (Å²) in [6.45, 7) is 2.54. The normalized spacial score (nSPS) is 10.2. The van der Waals surface area contributed by atoms with Crippen LogP contribution in [-0.4, -0.2) is 27.7 Å². The van der Waals surface area contributed by atoms with Crippen molar-refractivity contribution in [3.05, 3.63) is 100 Å². The fraction of sp³-hybridized carbons (Fsp3) is 0.321. The molecule has 0 aliphatic carbocycles. The number of hydrogen-bond donors (Lipinski definition) is 1. The van der Waals surface area contributed by atoms with Crippen molar-refractivity contribution in [3.8, 4) is 5.75 Å². The van der Waals surface area contributed by atoms with E-state index in [2.05, 4.69) is 33.5 Å². The summed E-state index contributed by atoms with van der Waals surface area (Å²) >= 11 is 0. The lowest BCUT2D eigenvalue weighted by molar-refractivity contribution is 0.305. The minimum Gasteiger partial charge on any atom is -0.494 e. The molecule has 0 atom stereocenters. The van der Waals surface area contributed by atoms with Gasteiger partial charge in [-0.15, -0.1) is 37.2 Å². The molecule has 0 radical (unpaired) electrons. The number of aromatic nitrogens is 3. The molecule has 1 N–H and O–H groups in total. The summed E-state index contributed by atoms with van der Waals surface area (Å²) in [6, 6.07) is 17.7. The van der Waals surface area contributed by atoms with Crippen molar-refractivity contribution in [1.29, 1.82) is 0 Å². The fourth-order valence-corrected chi connectivity index (χ4v) is 4.00. The van der Waals surface area contributed by atoms with Crippen molar-refractivity contribution in [2.75, 3.05) is 13.2 Å². The van der Waals surface area contributed by atoms with Crippen LogP contribution in [-0.2, 0) is 26.4 Å². The van der Waals surface area contributed by atoms with Crippen LogP contribution in [0.2, 0.25) is 0 Å². The second-order valence-corrected chi connectivity index (χ2v) is 8.55. The average Bonchev–Trinajstić information content (AvgIpc) is 2.87. The van der Waals surface area contributed by atoms with Crippen LogP contribution in [0.5, 0.6) is 5.75 Å². The molecule has 37 heavy (non-hydrogen) atoms. The molecule has 0 bridgehead atoms. The smallest absolute Gasteiger partial charge is 0.250 e. The highest BCUT2D eigenvalue weighted by Crippen LogP contribution is 2.19. The lowest BCUT2D eigenvalue weighted by Gasteiger charge is -2.09. The number of fused-ring (bicyclic) bond motifs is 1. The molecular weight excluding hydrogens is 531 g/mol. The van der Waals surface area contributed by atoms with Crippen LogP contribution in [0.4, 0.5) is 0 Å². The zero-order valence-electron chi connectivity index (χ0n) is 21.0. The SMILES string of the molecule is Cl.Cl.Cl.Cn1c(=O)ccc2cc(OCCCCCNCc3ccnc(CCc4cccnc4)c3)ccc21. The highest BCUT2D eigenvalue weighted by atomic mass is 35.5. The molecule has 4 aromatic rings. The summed E-state index contributed by atoms with van der Waals surface area (Å²) in [5.41, 5.74) is 4.55. The van der Waals surface area contributed by atoms with Gasteiger partial charge in [0.1, 0.15) is 5.75 Å². The van der Waals surface area contributed by atoms with Gasteiger partial charge in [-0.05, 0) is 92.2 Å². The Morgan fingerprint density at radius 3 is 2.57 bits per heavy atom. The third-order valence-electron chi connectivity index (χ3n) is 5.97. The van der Waals surface area contributed by atoms with Gasteiger partial charge in [-0.3, -0.25) is 14.8 Å². The number of aryl methyl sites for hydroxylation is 3. The second kappa shape index (κ2) is 17.0. The molecule has 0 spiro atoms. The number of nitrogens with zero attached hydrogens (tertiary/aromatic N) is 3. The summed E-state index contributed by atoms with van der Waals surface area (Å²) in [7, 11) is 1.79. The van der Waals surface area contributed by atoms with Gasteiger partial charge in [0.15, 0.2) is 0 Å². The van der Waals surface area contributed by atoms with E-state index in [1.165, 1.54) is 11.1 Å². The monoisotopic (exact) mass is 564 g/mol. The Morgan fingerprint density at radius 1 is 0.892 bits per heavy atom. The summed E-state index contributed by atoms with van der Waals surface area (Å²) in [5.74, 6) is 0.848. The van der Waals surface area contributed by atoms with Crippen molar-refractivity contribution in [2.45, 2.75) is 38.6 Å². The Balaban J connectivity index is 0.00000228. The Labute approximate surface area is 237 Å². The first-order chi connectivity index (χ1) is 16.7. The standard InChI is InChI=1S/C28H32N4O2.3ClH/c1-32-27-11-10-26(19-24(27)8-12-28(32)33)34-17-4-2-3-14-29-21-23-13-16-31-25(18-23)9-7-22-6-5-15-30-20-22;;;/h5-6,8,10-13,15-16,18-20,29H,2-4,7,9,14,17,21H2,1H3;3*1H. The van der Waals surface area contributed by atoms with Crippen LogP contribution in [0.1, 0.15) is 36.1 Å². The number of benzene rings is 1. The molecule has 3 aromatic heterocycles. The van der Waals surface area contributed by atoms with Crippen LogP contribution in [0.15, 0.2) is 78.0 Å². The number of hydrogen-bond acceptors (Lipinski definition) is 5. The van der Waals surface area contributed by atoms with Gasteiger partial charge < -0.3 is 14.6 Å². The minimum atomic E-state index is -0.0000218. The quantitative estimate of drug-likeness (QED) is 0.223. The van der Waals surface area contributed by atoms with E-state index < -0.39 is 0 Å². The first kappa shape index (κ1) is 32.4. The van der Waals surface area contributed by atoms with Crippen molar-refractivity contribution in [3.63, 3.8) is 0 Å². The second-order valence-electron chi connectivity index (χ2n) is 8.55. The molecule has 1 aromatic carbocycles. The number of pyridine rings is 3. The van der Waals surface area contributed by atoms with E-state index in [9.17, 15) is 4.79 Å². The zero-order valence-corrected chi connectivity index (χ0v) is 23.4. The van der Waals surface area contributed by atoms with E-state index in [4.69, 9.17) is 4.74 Å². The Morgan fingerprint density at radius 2 is 1.76 bits per heavy atom. The van der Waals surface area contributed by atoms with Crippen molar-refractivity contribution < 1.29 is 4.74 Å². The van der Waals surface area contributed by atoms with Crippen LogP contribution in [0, 0.1) is 0 Å². The number of ether oxygens (including phenoxy) is 1. The van der Waals surface area contributed by atoms with E-state index in [0.29, 0.717) is 6.61 Å². The molecule has 0 unspecified atom stereocenters. The lowest BCUT2D eigenvalue weighted by atomic mass is 10.1. The molecule has 4 rings (SSSR count). The fourth-order valence-electron chi connectivity index (χ4n) is 4.00. The maximum atomic E-state index is 11.7. The van der Waals surface area contributed by atoms with Gasteiger partial charge in [-0.1, -0.05) is 6.07 Å². The molecule has 0 saturated carbocycles. The minimum absolute atomic E-state index is 0. The van der Waals surface area contributed by atoms with Crippen LogP contribution < -0.4 is 15.6 Å². The van der Waals surface area contributed by atoms with Crippen LogP contribution >= 0.6 is 37.2 Å². The van der Waals surface area contributed by atoms with E-state index in [1.807, 2.05) is 42.7 Å². The summed E-state index contributed by atoms with van der Waals surface area (Å²) in [5, 5.41) is 4.55. The van der Waals surface area contributed by atoms with Crippen LogP contribution in [0.3, 0.4) is 0 Å². The number of unbranched alkanes of at least 4 members (excludes halogenated alkanes) is 2. The molecule has 3 heterocycles. The van der Waals surface area contributed by atoms with E-state index in [1.54, 1.807) is 23.9 Å². The molecule has 200 valence electrons. The third-order valence-corrected chi connectivity index (χ3v) is 5.97. The molecule has 0 aliphatic rings. The largest absolute Gasteiger partial charge is 0.494 e. The van der Waals surface area contributed by atoms with Gasteiger partial charge in [-0.25, -0.2) is 0 Å². The summed E-state index contributed by atoms with van der Waals surface area (Å²) in [4.78, 5) is 20.4. The summed E-state index contributed by atoms with van der Waals surface area (Å²) < 4.78 is 7.56. The van der Waals surface area contributed by atoms with Gasteiger partial charge >= 0.3 is 0 Å². The van der Waals surface area contributed by atoms with Gasteiger partial charge in [0.25, 0.3) is 5.56 Å². The Hall–Kier alpha value is -2.64. The molecule has 0 saturated heterocycles. The molecule has 6 nitrogen and oxygen atoms in total. The molecule has 0 fully saturated rings. The first-order valence-corrected chi connectivity index (χ1v) is 11.9. The maximum Gasteiger partial charge on any atom is 0.250 e. The Kier molecular flexibility index (Phi) is 14.9. The highest BCUT2D eigenvalue weighted by Gasteiger charge is 2.02. The van der Waals surface area contributed by atoms with Crippen molar-refractivity contribution in [1.82, 2.24) is 19.9 Å². The summed E-state index contributed by atoms with van der Waals surface area (Å²) in [6.07, 6.45) is 10.7. The Bertz CT molecular complexity index is 1270. The number of rotatable bonds is 12. The number of nitrogens with one attached hydrogen (secondary N) is 1. The van der Waals surface area contributed by atoms with Crippen LogP contribution in [0.25, 0.3) is 10.9 Å². The van der Waals surface area contributed by atoms with Gasteiger partial charge in [0.05, 0.1) is 12.1 Å². The predicted molar refractivity (Wildman–Crippen MR) is 158 cm³/mol. The van der Waals surface area contributed by atoms with E-state index >= 15 is 0 Å². The van der Waals surface area contributed by atoms with Gasteiger partial charge in [-0.2, -0.15) is 0 Å². The highest BCUT2D eigenvalue weighted by molar-refractivity contribution is 5.86. The predicted octanol–water partition coefficient (Wildman–Crippen LogP) is 5.72. The van der Waals surface area contributed by atoms with E-state index in [0.717, 1.165) is 67.5 Å². The van der Waals surface area contributed by atoms with Gasteiger partial charge in [0.2, 0.25) is 0 Å². The van der Waals surface area contributed by atoms with E-state index in [-0.39, 0.29) is 42.8 Å². The average molecular weight is 566 g/mol. The van der Waals surface area contributed by atoms with Gasteiger partial charge in [0, 0.05) is 49.3 Å². The topological polar surface area (TPSA) is 69.0 Å². The number of halogens is 3. The van der Waals surface area contributed by atoms with Crippen molar-refractivity contribution in [2.24, 2.45) is 7.05 Å². The lowest BCUT2D eigenvalue weighted by Crippen LogP contribution is -2.15. The molecule has 9 heteroatoms. The zero-order chi connectivity index (χ0) is 23.6. The van der Waals surface area contributed by atoms with Crippen molar-refractivity contribution >= 4 is 48.1 Å². The molecule has 0 amide bonds. The first-order valence-electron chi connectivity index (χ1n) is 11.9. The molecular formula is C28H35Cl3N4O2.